The van der Waals surface area contributed by atoms with E-state index in [1.165, 1.54) is 19.1 Å². The average molecular weight is 397 g/mol. The van der Waals surface area contributed by atoms with Crippen molar-refractivity contribution >= 4 is 11.9 Å². The summed E-state index contributed by atoms with van der Waals surface area (Å²) in [6.07, 6.45) is -4.57. The summed E-state index contributed by atoms with van der Waals surface area (Å²) in [6.45, 7) is 3.05. The van der Waals surface area contributed by atoms with E-state index >= 15 is 0 Å². The van der Waals surface area contributed by atoms with Gasteiger partial charge in [0.25, 0.3) is 5.91 Å². The van der Waals surface area contributed by atoms with Crippen molar-refractivity contribution in [1.29, 1.82) is 0 Å². The van der Waals surface area contributed by atoms with Gasteiger partial charge in [0.1, 0.15) is 0 Å². The Morgan fingerprint density at radius 2 is 1.96 bits per heavy atom. The van der Waals surface area contributed by atoms with Gasteiger partial charge in [-0.2, -0.15) is 18.3 Å². The van der Waals surface area contributed by atoms with Crippen LogP contribution in [0, 0.1) is 6.92 Å². The van der Waals surface area contributed by atoms with Crippen molar-refractivity contribution in [2.24, 2.45) is 0 Å². The number of aliphatic carboxylic acids is 1. The number of carboxylic acid groups (broad SMARTS) is 1. The van der Waals surface area contributed by atoms with Crippen molar-refractivity contribution in [3.05, 3.63) is 57.5 Å². The van der Waals surface area contributed by atoms with Crippen LogP contribution in [0.5, 0.6) is 0 Å². The second-order valence-corrected chi connectivity index (χ2v) is 6.27. The molecule has 1 amide bonds. The molecule has 28 heavy (non-hydrogen) atoms. The SMILES string of the molecule is Cc1cc(=O)c(C(=O)NC(C)CCC(=O)O)nn1-c1cccc(C(F)(F)F)c1. The molecule has 0 aliphatic carbocycles. The minimum Gasteiger partial charge on any atom is -0.481 e. The molecule has 0 fully saturated rings. The molecule has 2 rings (SSSR count). The zero-order valence-electron chi connectivity index (χ0n) is 15.1. The number of nitrogens with zero attached hydrogens (tertiary/aromatic N) is 2. The molecule has 10 heteroatoms. The van der Waals surface area contributed by atoms with Gasteiger partial charge in [-0.15, -0.1) is 0 Å². The fourth-order valence-corrected chi connectivity index (χ4v) is 2.48. The van der Waals surface area contributed by atoms with E-state index in [-0.39, 0.29) is 24.2 Å². The first-order valence-corrected chi connectivity index (χ1v) is 8.30. The topological polar surface area (TPSA) is 101 Å². The Kier molecular flexibility index (Phi) is 6.22. The lowest BCUT2D eigenvalue weighted by Crippen LogP contribution is -2.37. The third-order valence-electron chi connectivity index (χ3n) is 3.91. The number of carbonyl (C=O) groups is 2. The van der Waals surface area contributed by atoms with Crippen LogP contribution < -0.4 is 10.7 Å². The highest BCUT2D eigenvalue weighted by molar-refractivity contribution is 5.92. The highest BCUT2D eigenvalue weighted by Crippen LogP contribution is 2.30. The number of aryl methyl sites for hydroxylation is 1. The number of carbonyl (C=O) groups excluding carboxylic acids is 1. The standard InChI is InChI=1S/C18H18F3N3O4/c1-10(6-7-15(26)27)22-17(28)16-14(25)8-11(2)24(23-16)13-5-3-4-12(9-13)18(19,20)21/h3-5,8-10H,6-7H2,1-2H3,(H,22,28)(H,26,27). The van der Waals surface area contributed by atoms with Crippen LogP contribution in [-0.2, 0) is 11.0 Å². The fraction of sp³-hybridized carbons (Fsp3) is 0.333. The molecule has 7 nitrogen and oxygen atoms in total. The summed E-state index contributed by atoms with van der Waals surface area (Å²) in [4.78, 5) is 35.0. The van der Waals surface area contributed by atoms with Crippen molar-refractivity contribution < 1.29 is 27.9 Å². The number of amides is 1. The quantitative estimate of drug-likeness (QED) is 0.780. The van der Waals surface area contributed by atoms with E-state index in [2.05, 4.69) is 10.4 Å². The molecular weight excluding hydrogens is 379 g/mol. The first-order chi connectivity index (χ1) is 13.0. The van der Waals surface area contributed by atoms with E-state index in [9.17, 15) is 27.6 Å². The molecule has 0 aliphatic heterocycles. The fourth-order valence-electron chi connectivity index (χ4n) is 2.48. The first-order valence-electron chi connectivity index (χ1n) is 8.30. The maximum Gasteiger partial charge on any atom is 0.416 e. The molecule has 2 N–H and O–H groups in total. The summed E-state index contributed by atoms with van der Waals surface area (Å²) in [6, 6.07) is 4.90. The molecule has 2 aromatic rings. The predicted molar refractivity (Wildman–Crippen MR) is 93.4 cm³/mol. The van der Waals surface area contributed by atoms with Crippen molar-refractivity contribution in [2.75, 3.05) is 0 Å². The normalized spacial score (nSPS) is 12.5. The summed E-state index contributed by atoms with van der Waals surface area (Å²) < 4.78 is 39.9. The molecule has 1 unspecified atom stereocenters. The molecule has 0 spiro atoms. The number of hydrogen-bond acceptors (Lipinski definition) is 4. The lowest BCUT2D eigenvalue weighted by Gasteiger charge is -2.15. The monoisotopic (exact) mass is 397 g/mol. The Balaban J connectivity index is 2.36. The predicted octanol–water partition coefficient (Wildman–Crippen LogP) is 2.54. The minimum absolute atomic E-state index is 0.0419. The second-order valence-electron chi connectivity index (χ2n) is 6.27. The van der Waals surface area contributed by atoms with E-state index in [4.69, 9.17) is 5.11 Å². The van der Waals surface area contributed by atoms with Crippen molar-refractivity contribution in [3.63, 3.8) is 0 Å². The van der Waals surface area contributed by atoms with Gasteiger partial charge >= 0.3 is 12.1 Å². The van der Waals surface area contributed by atoms with E-state index in [1.807, 2.05) is 0 Å². The number of nitrogens with one attached hydrogen (secondary N) is 1. The summed E-state index contributed by atoms with van der Waals surface area (Å²) in [5.74, 6) is -1.86. The van der Waals surface area contributed by atoms with Crippen LogP contribution in [0.15, 0.2) is 35.1 Å². The van der Waals surface area contributed by atoms with E-state index < -0.39 is 40.8 Å². The number of halogens is 3. The Morgan fingerprint density at radius 3 is 2.57 bits per heavy atom. The maximum atomic E-state index is 12.9. The smallest absolute Gasteiger partial charge is 0.416 e. The second kappa shape index (κ2) is 8.24. The van der Waals surface area contributed by atoms with Gasteiger partial charge in [-0.25, -0.2) is 4.68 Å². The number of rotatable bonds is 6. The Labute approximate surface area is 157 Å². The summed E-state index contributed by atoms with van der Waals surface area (Å²) in [5.41, 5.74) is -1.79. The Bertz CT molecular complexity index is 954. The third kappa shape index (κ3) is 5.18. The lowest BCUT2D eigenvalue weighted by molar-refractivity contribution is -0.138. The first kappa shape index (κ1) is 21.1. The van der Waals surface area contributed by atoms with E-state index in [0.717, 1.165) is 22.9 Å². The lowest BCUT2D eigenvalue weighted by atomic mass is 10.1. The van der Waals surface area contributed by atoms with Gasteiger partial charge < -0.3 is 10.4 Å². The molecule has 0 radical (unpaired) electrons. The van der Waals surface area contributed by atoms with Gasteiger partial charge in [0.2, 0.25) is 5.43 Å². The summed E-state index contributed by atoms with van der Waals surface area (Å²) in [5, 5.41) is 15.1. The Hall–Kier alpha value is -3.17. The highest BCUT2D eigenvalue weighted by atomic mass is 19.4. The number of carboxylic acids is 1. The van der Waals surface area contributed by atoms with Crippen LogP contribution in [0.1, 0.15) is 41.5 Å². The van der Waals surface area contributed by atoms with Crippen LogP contribution in [-0.4, -0.2) is 32.8 Å². The molecule has 1 atom stereocenters. The van der Waals surface area contributed by atoms with Gasteiger partial charge in [0, 0.05) is 24.2 Å². The molecule has 0 aliphatic rings. The molecule has 0 saturated carbocycles. The van der Waals surface area contributed by atoms with Crippen LogP contribution in [0.25, 0.3) is 5.69 Å². The van der Waals surface area contributed by atoms with E-state index in [1.54, 1.807) is 6.92 Å². The highest BCUT2D eigenvalue weighted by Gasteiger charge is 2.30. The molecular formula is C18H18F3N3O4. The van der Waals surface area contributed by atoms with Crippen LogP contribution in [0.2, 0.25) is 0 Å². The zero-order chi connectivity index (χ0) is 21.1. The van der Waals surface area contributed by atoms with E-state index in [0.29, 0.717) is 0 Å². The van der Waals surface area contributed by atoms with Crippen molar-refractivity contribution in [2.45, 2.75) is 38.9 Å². The maximum absolute atomic E-state index is 12.9. The number of aromatic nitrogens is 2. The molecule has 1 aromatic carbocycles. The molecule has 1 heterocycles. The number of alkyl halides is 3. The summed E-state index contributed by atoms with van der Waals surface area (Å²) in [7, 11) is 0. The Morgan fingerprint density at radius 1 is 1.29 bits per heavy atom. The van der Waals surface area contributed by atoms with Gasteiger partial charge in [-0.3, -0.25) is 14.4 Å². The minimum atomic E-state index is -4.55. The van der Waals surface area contributed by atoms with Crippen LogP contribution >= 0.6 is 0 Å². The zero-order valence-corrected chi connectivity index (χ0v) is 15.1. The summed E-state index contributed by atoms with van der Waals surface area (Å²) >= 11 is 0. The molecule has 150 valence electrons. The van der Waals surface area contributed by atoms with Crippen molar-refractivity contribution in [1.82, 2.24) is 15.1 Å². The third-order valence-corrected chi connectivity index (χ3v) is 3.91. The number of benzene rings is 1. The van der Waals surface area contributed by atoms with Gasteiger partial charge in [-0.05, 0) is 38.5 Å². The van der Waals surface area contributed by atoms with Crippen LogP contribution in [0.3, 0.4) is 0 Å². The molecule has 0 bridgehead atoms. The molecule has 1 aromatic heterocycles. The van der Waals surface area contributed by atoms with Gasteiger partial charge in [0.15, 0.2) is 5.69 Å². The van der Waals surface area contributed by atoms with Gasteiger partial charge in [-0.1, -0.05) is 6.07 Å². The van der Waals surface area contributed by atoms with Gasteiger partial charge in [0.05, 0.1) is 11.3 Å². The number of hydrogen-bond donors (Lipinski definition) is 2. The molecule has 0 saturated heterocycles. The van der Waals surface area contributed by atoms with Crippen LogP contribution in [0.4, 0.5) is 13.2 Å². The average Bonchev–Trinajstić information content (AvgIpc) is 2.59. The van der Waals surface area contributed by atoms with Crippen molar-refractivity contribution in [3.8, 4) is 5.69 Å². The largest absolute Gasteiger partial charge is 0.481 e.